The molecule has 1 aromatic rings. The number of benzene rings is 1. The summed E-state index contributed by atoms with van der Waals surface area (Å²) in [6, 6.07) is 4.74. The molecule has 1 heterocycles. The van der Waals surface area contributed by atoms with E-state index >= 15 is 0 Å². The first-order valence-electron chi connectivity index (χ1n) is 6.80. The number of hydrogen-bond acceptors (Lipinski definition) is 4. The van der Waals surface area contributed by atoms with E-state index in [1.165, 1.54) is 10.4 Å². The zero-order chi connectivity index (χ0) is 15.6. The molecule has 116 valence electrons. The molecular formula is C14H20N2O4S. The summed E-state index contributed by atoms with van der Waals surface area (Å²) in [5.74, 6) is -0.212. The van der Waals surface area contributed by atoms with Crippen LogP contribution in [-0.2, 0) is 14.8 Å². The maximum Gasteiger partial charge on any atom is 0.243 e. The van der Waals surface area contributed by atoms with Gasteiger partial charge in [-0.15, -0.1) is 0 Å². The summed E-state index contributed by atoms with van der Waals surface area (Å²) < 4.78 is 31.8. The van der Waals surface area contributed by atoms with Crippen molar-refractivity contribution >= 4 is 15.9 Å². The molecule has 0 radical (unpaired) electrons. The van der Waals surface area contributed by atoms with Gasteiger partial charge in [0.2, 0.25) is 15.9 Å². The third-order valence-electron chi connectivity index (χ3n) is 3.79. The molecular weight excluding hydrogens is 292 g/mol. The lowest BCUT2D eigenvalue weighted by Crippen LogP contribution is -2.44. The molecule has 1 aromatic carbocycles. The van der Waals surface area contributed by atoms with Crippen LogP contribution in [0, 0.1) is 12.8 Å². The van der Waals surface area contributed by atoms with Gasteiger partial charge in [-0.05, 0) is 43.5 Å². The van der Waals surface area contributed by atoms with Gasteiger partial charge in [-0.3, -0.25) is 4.79 Å². The molecule has 0 unspecified atom stereocenters. The predicted octanol–water partition coefficient (Wildman–Crippen LogP) is 0.890. The van der Waals surface area contributed by atoms with Crippen molar-refractivity contribution in [3.63, 3.8) is 0 Å². The van der Waals surface area contributed by atoms with E-state index in [0.29, 0.717) is 25.1 Å². The number of nitrogens with zero attached hydrogens (tertiary/aromatic N) is 1. The van der Waals surface area contributed by atoms with E-state index in [1.807, 2.05) is 0 Å². The highest BCUT2D eigenvalue weighted by Crippen LogP contribution is 2.27. The van der Waals surface area contributed by atoms with Gasteiger partial charge in [0, 0.05) is 13.1 Å². The summed E-state index contributed by atoms with van der Waals surface area (Å²) in [5, 5.41) is 0. The number of ether oxygens (including phenoxy) is 1. The topological polar surface area (TPSA) is 89.7 Å². The van der Waals surface area contributed by atoms with Crippen LogP contribution in [0.1, 0.15) is 18.4 Å². The summed E-state index contributed by atoms with van der Waals surface area (Å²) in [6.07, 6.45) is 1.28. The Morgan fingerprint density at radius 2 is 2.14 bits per heavy atom. The van der Waals surface area contributed by atoms with Crippen molar-refractivity contribution < 1.29 is 17.9 Å². The number of hydrogen-bond donors (Lipinski definition) is 1. The van der Waals surface area contributed by atoms with Crippen molar-refractivity contribution in [2.24, 2.45) is 11.7 Å². The summed E-state index contributed by atoms with van der Waals surface area (Å²) >= 11 is 0. The number of primary amides is 1. The van der Waals surface area contributed by atoms with Gasteiger partial charge in [0.25, 0.3) is 0 Å². The lowest BCUT2D eigenvalue weighted by molar-refractivity contribution is -0.122. The monoisotopic (exact) mass is 312 g/mol. The van der Waals surface area contributed by atoms with Crippen molar-refractivity contribution in [1.29, 1.82) is 0 Å². The fraction of sp³-hybridized carbons (Fsp3) is 0.500. The number of carbonyl (C=O) groups excluding carboxylic acids is 1. The van der Waals surface area contributed by atoms with Crippen molar-refractivity contribution in [1.82, 2.24) is 4.31 Å². The number of methoxy groups -OCH3 is 1. The van der Waals surface area contributed by atoms with Crippen LogP contribution in [0.2, 0.25) is 0 Å². The first-order valence-corrected chi connectivity index (χ1v) is 8.24. The normalized spacial score (nSPS) is 20.2. The van der Waals surface area contributed by atoms with Gasteiger partial charge >= 0.3 is 0 Å². The molecule has 0 spiro atoms. The molecule has 0 aromatic heterocycles. The summed E-state index contributed by atoms with van der Waals surface area (Å²) in [7, 11) is -2.07. The van der Waals surface area contributed by atoms with Gasteiger partial charge in [0.1, 0.15) is 5.75 Å². The standard InChI is InChI=1S/C14H20N2O4S/c1-10-8-12(5-6-13(10)20-2)21(18,19)16-7-3-4-11(9-16)14(15)17/h5-6,8,11H,3-4,7,9H2,1-2H3,(H2,15,17)/t11-/m1/s1. The fourth-order valence-corrected chi connectivity index (χ4v) is 4.16. The highest BCUT2D eigenvalue weighted by molar-refractivity contribution is 7.89. The molecule has 1 atom stereocenters. The van der Waals surface area contributed by atoms with Gasteiger partial charge in [0.15, 0.2) is 0 Å². The van der Waals surface area contributed by atoms with Gasteiger partial charge in [-0.2, -0.15) is 4.31 Å². The molecule has 1 aliphatic heterocycles. The van der Waals surface area contributed by atoms with E-state index in [0.717, 1.165) is 5.56 Å². The molecule has 0 saturated carbocycles. The second-order valence-corrected chi connectivity index (χ2v) is 7.17. The maximum absolute atomic E-state index is 12.6. The SMILES string of the molecule is COc1ccc(S(=O)(=O)N2CCC[C@@H](C(N)=O)C2)cc1C. The molecule has 0 aliphatic carbocycles. The Balaban J connectivity index is 2.29. The van der Waals surface area contributed by atoms with Gasteiger partial charge in [0.05, 0.1) is 17.9 Å². The van der Waals surface area contributed by atoms with Crippen LogP contribution in [0.4, 0.5) is 0 Å². The van der Waals surface area contributed by atoms with E-state index in [4.69, 9.17) is 10.5 Å². The highest BCUT2D eigenvalue weighted by Gasteiger charge is 2.32. The minimum absolute atomic E-state index is 0.155. The third kappa shape index (κ3) is 3.19. The van der Waals surface area contributed by atoms with Gasteiger partial charge < -0.3 is 10.5 Å². The van der Waals surface area contributed by atoms with Crippen molar-refractivity contribution in [3.05, 3.63) is 23.8 Å². The molecule has 6 nitrogen and oxygen atoms in total. The number of aryl methyl sites for hydroxylation is 1. The molecule has 1 fully saturated rings. The third-order valence-corrected chi connectivity index (χ3v) is 5.65. The second kappa shape index (κ2) is 6.03. The summed E-state index contributed by atoms with van der Waals surface area (Å²) in [4.78, 5) is 11.5. The Kier molecular flexibility index (Phi) is 4.53. The molecule has 7 heteroatoms. The van der Waals surface area contributed by atoms with Crippen LogP contribution < -0.4 is 10.5 Å². The quantitative estimate of drug-likeness (QED) is 0.894. The molecule has 2 rings (SSSR count). The molecule has 1 aliphatic rings. The number of sulfonamides is 1. The lowest BCUT2D eigenvalue weighted by atomic mass is 9.99. The maximum atomic E-state index is 12.6. The van der Waals surface area contributed by atoms with Crippen LogP contribution >= 0.6 is 0 Å². The van der Waals surface area contributed by atoms with Gasteiger partial charge in [-0.1, -0.05) is 0 Å². The first-order chi connectivity index (χ1) is 9.86. The van der Waals surface area contributed by atoms with Crippen molar-refractivity contribution in [3.8, 4) is 5.75 Å². The van der Waals surface area contributed by atoms with E-state index < -0.39 is 21.8 Å². The van der Waals surface area contributed by atoms with Crippen LogP contribution in [-0.4, -0.2) is 38.8 Å². The molecule has 2 N–H and O–H groups in total. The Labute approximate surface area is 124 Å². The fourth-order valence-electron chi connectivity index (χ4n) is 2.55. The molecule has 1 amide bonds. The molecule has 21 heavy (non-hydrogen) atoms. The Bertz CT molecular complexity index is 642. The Hall–Kier alpha value is -1.60. The number of carbonyl (C=O) groups is 1. The Morgan fingerprint density at radius 1 is 1.43 bits per heavy atom. The lowest BCUT2D eigenvalue weighted by Gasteiger charge is -2.30. The smallest absolute Gasteiger partial charge is 0.243 e. The Morgan fingerprint density at radius 3 is 2.71 bits per heavy atom. The molecule has 1 saturated heterocycles. The average molecular weight is 312 g/mol. The van der Waals surface area contributed by atoms with E-state index in [1.54, 1.807) is 26.2 Å². The predicted molar refractivity (Wildman–Crippen MR) is 78.4 cm³/mol. The molecule has 0 bridgehead atoms. The van der Waals surface area contributed by atoms with Crippen LogP contribution in [0.3, 0.4) is 0 Å². The number of nitrogens with two attached hydrogens (primary N) is 1. The number of rotatable bonds is 4. The zero-order valence-electron chi connectivity index (χ0n) is 12.2. The minimum atomic E-state index is -3.61. The van der Waals surface area contributed by atoms with E-state index in [9.17, 15) is 13.2 Å². The second-order valence-electron chi connectivity index (χ2n) is 5.24. The van der Waals surface area contributed by atoms with Crippen LogP contribution in [0.5, 0.6) is 5.75 Å². The minimum Gasteiger partial charge on any atom is -0.496 e. The zero-order valence-corrected chi connectivity index (χ0v) is 13.0. The van der Waals surface area contributed by atoms with Crippen molar-refractivity contribution in [2.75, 3.05) is 20.2 Å². The van der Waals surface area contributed by atoms with E-state index in [-0.39, 0.29) is 11.4 Å². The van der Waals surface area contributed by atoms with E-state index in [2.05, 4.69) is 0 Å². The van der Waals surface area contributed by atoms with Crippen LogP contribution in [0.25, 0.3) is 0 Å². The average Bonchev–Trinajstić information content (AvgIpc) is 2.47. The number of piperidine rings is 1. The van der Waals surface area contributed by atoms with Crippen molar-refractivity contribution in [2.45, 2.75) is 24.7 Å². The summed E-state index contributed by atoms with van der Waals surface area (Å²) in [5.41, 5.74) is 6.05. The largest absolute Gasteiger partial charge is 0.496 e. The highest BCUT2D eigenvalue weighted by atomic mass is 32.2. The number of amides is 1. The van der Waals surface area contributed by atoms with Crippen LogP contribution in [0.15, 0.2) is 23.1 Å². The first kappa shape index (κ1) is 15.8. The summed E-state index contributed by atoms with van der Waals surface area (Å²) in [6.45, 7) is 2.36. The van der Waals surface area contributed by atoms with Gasteiger partial charge in [-0.25, -0.2) is 8.42 Å².